The number of hydrogen-bond acceptors (Lipinski definition) is 4. The van der Waals surface area contributed by atoms with Gasteiger partial charge in [-0.15, -0.1) is 0 Å². The fourth-order valence-corrected chi connectivity index (χ4v) is 1.78. The number of anilines is 1. The van der Waals surface area contributed by atoms with Crippen molar-refractivity contribution in [1.82, 2.24) is 4.98 Å². The molecule has 20 heavy (non-hydrogen) atoms. The van der Waals surface area contributed by atoms with E-state index in [4.69, 9.17) is 16.2 Å². The minimum atomic E-state index is -0.625. The molecule has 0 unspecified atom stereocenters. The molecule has 0 aliphatic heterocycles. The van der Waals surface area contributed by atoms with Gasteiger partial charge in [-0.3, -0.25) is 4.79 Å². The van der Waals surface area contributed by atoms with Crippen LogP contribution in [0.3, 0.4) is 0 Å². The van der Waals surface area contributed by atoms with Crippen molar-refractivity contribution >= 4 is 11.6 Å². The van der Waals surface area contributed by atoms with Crippen molar-refractivity contribution < 1.29 is 9.53 Å². The van der Waals surface area contributed by atoms with Gasteiger partial charge >= 0.3 is 0 Å². The van der Waals surface area contributed by atoms with Crippen LogP contribution in [-0.2, 0) is 0 Å². The van der Waals surface area contributed by atoms with Crippen molar-refractivity contribution in [2.24, 2.45) is 5.73 Å². The molecule has 4 N–H and O–H groups in total. The number of carbonyl (C=O) groups excluding carboxylic acids is 1. The molecule has 0 radical (unpaired) electrons. The van der Waals surface area contributed by atoms with Gasteiger partial charge in [0.25, 0.3) is 5.91 Å². The van der Waals surface area contributed by atoms with Crippen LogP contribution < -0.4 is 16.2 Å². The maximum atomic E-state index is 11.4. The van der Waals surface area contributed by atoms with Gasteiger partial charge in [-0.25, -0.2) is 4.98 Å². The largest absolute Gasteiger partial charge is 0.438 e. The highest BCUT2D eigenvalue weighted by molar-refractivity contribution is 5.95. The zero-order chi connectivity index (χ0) is 14.7. The number of aromatic nitrogens is 1. The zero-order valence-electron chi connectivity index (χ0n) is 11.5. The highest BCUT2D eigenvalue weighted by Crippen LogP contribution is 2.26. The van der Waals surface area contributed by atoms with E-state index >= 15 is 0 Å². The Morgan fingerprint density at radius 2 is 2.05 bits per heavy atom. The van der Waals surface area contributed by atoms with Crippen LogP contribution in [0.25, 0.3) is 0 Å². The first-order chi connectivity index (χ1) is 9.47. The summed E-state index contributed by atoms with van der Waals surface area (Å²) in [6.07, 6.45) is 1.42. The monoisotopic (exact) mass is 271 g/mol. The molecule has 1 heterocycles. The predicted molar refractivity (Wildman–Crippen MR) is 77.8 cm³/mol. The lowest BCUT2D eigenvalue weighted by atomic mass is 10.0. The minimum Gasteiger partial charge on any atom is -0.438 e. The fourth-order valence-electron chi connectivity index (χ4n) is 1.78. The summed E-state index contributed by atoms with van der Waals surface area (Å²) in [5.74, 6) is 0.525. The van der Waals surface area contributed by atoms with Gasteiger partial charge in [-0.1, -0.05) is 26.0 Å². The second-order valence-electron chi connectivity index (χ2n) is 4.81. The van der Waals surface area contributed by atoms with E-state index in [1.807, 2.05) is 18.2 Å². The first kappa shape index (κ1) is 13.9. The molecule has 0 saturated heterocycles. The van der Waals surface area contributed by atoms with Crippen LogP contribution in [0.1, 0.15) is 35.7 Å². The predicted octanol–water partition coefficient (Wildman–Crippen LogP) is 2.68. The molecular formula is C15H17N3O2. The molecule has 0 atom stereocenters. The third-order valence-corrected chi connectivity index (χ3v) is 2.88. The van der Waals surface area contributed by atoms with Gasteiger partial charge < -0.3 is 16.2 Å². The van der Waals surface area contributed by atoms with E-state index in [1.165, 1.54) is 12.3 Å². The number of nitrogen functional groups attached to an aromatic ring is 1. The van der Waals surface area contributed by atoms with Crippen molar-refractivity contribution in [3.63, 3.8) is 0 Å². The van der Waals surface area contributed by atoms with E-state index in [9.17, 15) is 4.79 Å². The summed E-state index contributed by atoms with van der Waals surface area (Å²) in [5, 5.41) is 0. The number of amides is 1. The highest BCUT2D eigenvalue weighted by atomic mass is 16.5. The van der Waals surface area contributed by atoms with E-state index < -0.39 is 5.91 Å². The molecule has 5 heteroatoms. The van der Waals surface area contributed by atoms with Crippen LogP contribution in [0.15, 0.2) is 36.5 Å². The Hall–Kier alpha value is -2.56. The molecule has 1 amide bonds. The summed E-state index contributed by atoms with van der Waals surface area (Å²) >= 11 is 0. The third-order valence-electron chi connectivity index (χ3n) is 2.88. The lowest BCUT2D eigenvalue weighted by Crippen LogP contribution is -2.13. The van der Waals surface area contributed by atoms with Gasteiger partial charge in [-0.2, -0.15) is 0 Å². The Balaban J connectivity index is 2.35. The van der Waals surface area contributed by atoms with Gasteiger partial charge in [-0.05, 0) is 29.7 Å². The van der Waals surface area contributed by atoms with Crippen LogP contribution in [0, 0.1) is 0 Å². The molecule has 0 saturated carbocycles. The number of pyridine rings is 1. The molecule has 2 aromatic rings. The van der Waals surface area contributed by atoms with Gasteiger partial charge in [0.1, 0.15) is 11.3 Å². The number of rotatable bonds is 4. The summed E-state index contributed by atoms with van der Waals surface area (Å²) in [7, 11) is 0. The Morgan fingerprint density at radius 3 is 2.70 bits per heavy atom. The highest BCUT2D eigenvalue weighted by Gasteiger charge is 2.13. The van der Waals surface area contributed by atoms with Crippen molar-refractivity contribution in [2.75, 3.05) is 5.73 Å². The topological polar surface area (TPSA) is 91.2 Å². The van der Waals surface area contributed by atoms with E-state index in [1.54, 1.807) is 6.07 Å². The van der Waals surface area contributed by atoms with Crippen LogP contribution in [0.5, 0.6) is 11.6 Å². The van der Waals surface area contributed by atoms with Crippen LogP contribution >= 0.6 is 0 Å². The molecular weight excluding hydrogens is 254 g/mol. The Labute approximate surface area is 117 Å². The molecule has 2 rings (SSSR count). The summed E-state index contributed by atoms with van der Waals surface area (Å²) < 4.78 is 5.65. The van der Waals surface area contributed by atoms with E-state index in [2.05, 4.69) is 18.8 Å². The summed E-state index contributed by atoms with van der Waals surface area (Å²) in [6, 6.07) is 9.08. The van der Waals surface area contributed by atoms with Gasteiger partial charge in [0, 0.05) is 0 Å². The zero-order valence-corrected chi connectivity index (χ0v) is 11.5. The second kappa shape index (κ2) is 5.61. The smallest absolute Gasteiger partial charge is 0.254 e. The first-order valence-electron chi connectivity index (χ1n) is 6.30. The summed E-state index contributed by atoms with van der Waals surface area (Å²) in [6.45, 7) is 4.19. The number of hydrogen-bond donors (Lipinski definition) is 2. The number of carbonyl (C=O) groups is 1. The number of primary amides is 1. The van der Waals surface area contributed by atoms with Gasteiger partial charge in [0.2, 0.25) is 5.88 Å². The summed E-state index contributed by atoms with van der Waals surface area (Å²) in [5.41, 5.74) is 12.6. The average Bonchev–Trinajstić information content (AvgIpc) is 2.41. The van der Waals surface area contributed by atoms with Crippen molar-refractivity contribution in [2.45, 2.75) is 19.8 Å². The molecule has 0 spiro atoms. The van der Waals surface area contributed by atoms with Crippen LogP contribution in [0.2, 0.25) is 0 Å². The Morgan fingerprint density at radius 1 is 1.30 bits per heavy atom. The van der Waals surface area contributed by atoms with Gasteiger partial charge in [0.15, 0.2) is 0 Å². The second-order valence-corrected chi connectivity index (χ2v) is 4.81. The van der Waals surface area contributed by atoms with Crippen molar-refractivity contribution in [3.05, 3.63) is 47.7 Å². The molecule has 1 aromatic heterocycles. The van der Waals surface area contributed by atoms with Crippen molar-refractivity contribution in [3.8, 4) is 11.6 Å². The lowest BCUT2D eigenvalue weighted by molar-refractivity contribution is 0.0997. The van der Waals surface area contributed by atoms with Gasteiger partial charge in [0.05, 0.1) is 11.9 Å². The molecule has 0 fully saturated rings. The number of nitrogens with two attached hydrogens (primary N) is 2. The Kier molecular flexibility index (Phi) is 3.89. The fraction of sp³-hybridized carbons (Fsp3) is 0.200. The SMILES string of the molecule is CC(C)c1cccc(Oc2ncc(N)cc2C(N)=O)c1. The lowest BCUT2D eigenvalue weighted by Gasteiger charge is -2.11. The molecule has 104 valence electrons. The van der Waals surface area contributed by atoms with E-state index in [0.717, 1.165) is 5.56 Å². The maximum absolute atomic E-state index is 11.4. The van der Waals surface area contributed by atoms with Crippen LogP contribution in [0.4, 0.5) is 5.69 Å². The maximum Gasteiger partial charge on any atom is 0.254 e. The molecule has 0 aliphatic carbocycles. The Bertz CT molecular complexity index is 639. The number of nitrogens with zero attached hydrogens (tertiary/aromatic N) is 1. The normalized spacial score (nSPS) is 10.6. The molecule has 0 aliphatic rings. The standard InChI is InChI=1S/C15H17N3O2/c1-9(2)10-4-3-5-12(6-10)20-15-13(14(17)19)7-11(16)8-18-15/h3-9H,16H2,1-2H3,(H2,17,19). The minimum absolute atomic E-state index is 0.160. The quantitative estimate of drug-likeness (QED) is 0.894. The van der Waals surface area contributed by atoms with Crippen molar-refractivity contribution in [1.29, 1.82) is 0 Å². The molecule has 0 bridgehead atoms. The summed E-state index contributed by atoms with van der Waals surface area (Å²) in [4.78, 5) is 15.4. The third kappa shape index (κ3) is 3.06. The molecule has 5 nitrogen and oxygen atoms in total. The number of benzene rings is 1. The van der Waals surface area contributed by atoms with E-state index in [-0.39, 0.29) is 11.4 Å². The molecule has 1 aromatic carbocycles. The van der Waals surface area contributed by atoms with E-state index in [0.29, 0.717) is 17.4 Å². The average molecular weight is 271 g/mol. The number of ether oxygens (including phenoxy) is 1. The van der Waals surface area contributed by atoms with Crippen LogP contribution in [-0.4, -0.2) is 10.9 Å². The first-order valence-corrected chi connectivity index (χ1v) is 6.30.